The summed E-state index contributed by atoms with van der Waals surface area (Å²) in [7, 11) is 0. The van der Waals surface area contributed by atoms with Gasteiger partial charge in [0.25, 0.3) is 5.91 Å². The second-order valence-corrected chi connectivity index (χ2v) is 8.55. The van der Waals surface area contributed by atoms with E-state index >= 15 is 4.39 Å². The number of anilines is 1. The van der Waals surface area contributed by atoms with Crippen molar-refractivity contribution in [2.45, 2.75) is 24.7 Å². The molecule has 0 bridgehead atoms. The average molecular weight is 484 g/mol. The van der Waals surface area contributed by atoms with Gasteiger partial charge in [-0.1, -0.05) is 11.8 Å². The molecule has 1 saturated heterocycles. The summed E-state index contributed by atoms with van der Waals surface area (Å²) < 4.78 is 63.0. The number of ether oxygens (including phenoxy) is 2. The lowest BCUT2D eigenvalue weighted by Crippen LogP contribution is -2.52. The molecule has 0 saturated carbocycles. The minimum atomic E-state index is -3.01. The van der Waals surface area contributed by atoms with Gasteiger partial charge in [-0.15, -0.1) is 0 Å². The van der Waals surface area contributed by atoms with Gasteiger partial charge < -0.3 is 20.5 Å². The fourth-order valence-electron chi connectivity index (χ4n) is 4.13. The van der Waals surface area contributed by atoms with E-state index < -0.39 is 42.6 Å². The number of aliphatic imine (C=N–C) groups is 1. The van der Waals surface area contributed by atoms with Gasteiger partial charge in [-0.3, -0.25) is 9.79 Å². The molecule has 0 radical (unpaired) electrons. The van der Waals surface area contributed by atoms with Gasteiger partial charge in [0.15, 0.2) is 5.17 Å². The fraction of sp³-hybridized carbons (Fsp3) is 0.381. The number of thioether (sulfide) groups is 1. The van der Waals surface area contributed by atoms with E-state index in [-0.39, 0.29) is 34.5 Å². The molecule has 1 fully saturated rings. The smallest absolute Gasteiger partial charge is 0.387 e. The first kappa shape index (κ1) is 23.3. The Bertz CT molecular complexity index is 1060. The Morgan fingerprint density at radius 1 is 1.36 bits per heavy atom. The largest absolute Gasteiger partial charge is 0.433 e. The van der Waals surface area contributed by atoms with E-state index in [1.807, 2.05) is 0 Å². The molecule has 3 N–H and O–H groups in total. The molecule has 1 amide bonds. The molecule has 0 unspecified atom stereocenters. The van der Waals surface area contributed by atoms with E-state index in [9.17, 15) is 18.0 Å². The van der Waals surface area contributed by atoms with Gasteiger partial charge in [0, 0.05) is 35.9 Å². The van der Waals surface area contributed by atoms with Gasteiger partial charge >= 0.3 is 6.61 Å². The summed E-state index contributed by atoms with van der Waals surface area (Å²) in [6.45, 7) is -3.57. The SMILES string of the molecule is NC1=N[C@]2(c3cc(NC(=O)c4ccc(OC(F)F)cn4)ccc3F)CCO[C@@H](CF)[C@H]2CS1. The number of carbonyl (C=O) groups excluding carboxylic acids is 1. The number of nitrogens with two attached hydrogens (primary N) is 1. The topological polar surface area (TPSA) is 98.8 Å². The highest BCUT2D eigenvalue weighted by Crippen LogP contribution is 2.48. The van der Waals surface area contributed by atoms with Crippen LogP contribution in [0.25, 0.3) is 0 Å². The van der Waals surface area contributed by atoms with Crippen molar-refractivity contribution in [3.63, 3.8) is 0 Å². The van der Waals surface area contributed by atoms with Crippen LogP contribution in [0.1, 0.15) is 22.5 Å². The molecule has 0 aliphatic carbocycles. The highest BCUT2D eigenvalue weighted by molar-refractivity contribution is 8.13. The molecule has 1 aromatic heterocycles. The van der Waals surface area contributed by atoms with Crippen LogP contribution in [0.15, 0.2) is 41.5 Å². The first-order valence-electron chi connectivity index (χ1n) is 10.0. The monoisotopic (exact) mass is 484 g/mol. The molecule has 3 heterocycles. The lowest BCUT2D eigenvalue weighted by Gasteiger charge is -2.47. The number of nitrogens with one attached hydrogen (secondary N) is 1. The number of aromatic nitrogens is 1. The number of pyridine rings is 1. The van der Waals surface area contributed by atoms with E-state index in [4.69, 9.17) is 10.5 Å². The Morgan fingerprint density at radius 3 is 2.88 bits per heavy atom. The molecule has 12 heteroatoms. The molecule has 3 atom stereocenters. The summed E-state index contributed by atoms with van der Waals surface area (Å²) in [5.41, 5.74) is 5.22. The normalized spacial score (nSPS) is 24.7. The Kier molecular flexibility index (Phi) is 6.75. The second-order valence-electron chi connectivity index (χ2n) is 7.51. The number of benzene rings is 1. The third-order valence-corrected chi connectivity index (χ3v) is 6.55. The minimum absolute atomic E-state index is 0.0570. The third kappa shape index (κ3) is 4.76. The summed E-state index contributed by atoms with van der Waals surface area (Å²) in [6.07, 6.45) is 0.549. The van der Waals surface area contributed by atoms with E-state index in [1.165, 1.54) is 42.1 Å². The predicted molar refractivity (Wildman–Crippen MR) is 115 cm³/mol. The van der Waals surface area contributed by atoms with Crippen LogP contribution >= 0.6 is 11.8 Å². The number of fused-ring (bicyclic) bond motifs is 1. The number of hydrogen-bond donors (Lipinski definition) is 2. The minimum Gasteiger partial charge on any atom is -0.433 e. The molecular formula is C21H20F4N4O3S. The second kappa shape index (κ2) is 9.56. The maximum Gasteiger partial charge on any atom is 0.387 e. The molecule has 4 rings (SSSR count). The molecule has 2 aromatic rings. The zero-order valence-corrected chi connectivity index (χ0v) is 18.0. The maximum atomic E-state index is 15.0. The molecule has 7 nitrogen and oxygen atoms in total. The summed E-state index contributed by atoms with van der Waals surface area (Å²) in [6, 6.07) is 6.41. The summed E-state index contributed by atoms with van der Waals surface area (Å²) in [5.74, 6) is -1.42. The molecule has 1 aromatic carbocycles. The molecular weight excluding hydrogens is 464 g/mol. The summed E-state index contributed by atoms with van der Waals surface area (Å²) in [4.78, 5) is 20.9. The van der Waals surface area contributed by atoms with Crippen LogP contribution in [-0.2, 0) is 10.3 Å². The number of hydrogen-bond acceptors (Lipinski definition) is 7. The summed E-state index contributed by atoms with van der Waals surface area (Å²) >= 11 is 1.26. The first-order chi connectivity index (χ1) is 15.8. The number of amidine groups is 1. The molecule has 2 aliphatic rings. The molecule has 2 aliphatic heterocycles. The van der Waals surface area contributed by atoms with Gasteiger partial charge in [-0.2, -0.15) is 8.78 Å². The lowest BCUT2D eigenvalue weighted by molar-refractivity contribution is -0.0714. The number of amides is 1. The maximum absolute atomic E-state index is 15.0. The van der Waals surface area contributed by atoms with Crippen LogP contribution in [0.5, 0.6) is 5.75 Å². The Hall–Kier alpha value is -2.86. The Labute approximate surface area is 190 Å². The van der Waals surface area contributed by atoms with E-state index in [0.29, 0.717) is 12.2 Å². The zero-order valence-electron chi connectivity index (χ0n) is 17.1. The highest BCUT2D eigenvalue weighted by atomic mass is 32.2. The van der Waals surface area contributed by atoms with Crippen LogP contribution in [-0.4, -0.2) is 47.8 Å². The van der Waals surface area contributed by atoms with E-state index in [1.54, 1.807) is 0 Å². The van der Waals surface area contributed by atoms with E-state index in [0.717, 1.165) is 6.20 Å². The standard InChI is InChI=1S/C21H20F4N4O3S/c22-8-17-14-10-33-20(26)29-21(14,5-6-31-17)13-7-11(1-3-15(13)23)28-18(30)16-4-2-12(9-27-16)32-19(24)25/h1-4,7,9,14,17,19H,5-6,8,10H2,(H2,26,29)(H,28,30)/t14-,17+,21+/m1/s1. The lowest BCUT2D eigenvalue weighted by atomic mass is 9.72. The first-order valence-corrected chi connectivity index (χ1v) is 11.0. The Morgan fingerprint density at radius 2 is 2.18 bits per heavy atom. The Balaban J connectivity index is 1.62. The van der Waals surface area contributed by atoms with Crippen molar-refractivity contribution >= 4 is 28.5 Å². The van der Waals surface area contributed by atoms with E-state index in [2.05, 4.69) is 20.0 Å². The predicted octanol–water partition coefficient (Wildman–Crippen LogP) is 3.71. The number of alkyl halides is 3. The van der Waals surface area contributed by atoms with Gasteiger partial charge in [-0.05, 0) is 30.3 Å². The van der Waals surface area contributed by atoms with Crippen LogP contribution in [0.2, 0.25) is 0 Å². The summed E-state index contributed by atoms with van der Waals surface area (Å²) in [5, 5.41) is 2.88. The van der Waals surface area contributed by atoms with Crippen LogP contribution in [0.4, 0.5) is 23.2 Å². The number of carbonyl (C=O) groups is 1. The van der Waals surface area contributed by atoms with Crippen molar-refractivity contribution in [3.8, 4) is 5.75 Å². The van der Waals surface area contributed by atoms with Crippen LogP contribution in [0, 0.1) is 11.7 Å². The quantitative estimate of drug-likeness (QED) is 0.607. The molecule has 176 valence electrons. The highest BCUT2D eigenvalue weighted by Gasteiger charge is 2.51. The van der Waals surface area contributed by atoms with Crippen LogP contribution in [0.3, 0.4) is 0 Å². The van der Waals surface area contributed by atoms with Crippen molar-refractivity contribution in [3.05, 3.63) is 53.6 Å². The van der Waals surface area contributed by atoms with Crippen molar-refractivity contribution in [2.24, 2.45) is 16.6 Å². The van der Waals surface area contributed by atoms with Gasteiger partial charge in [0.1, 0.15) is 23.9 Å². The number of halogens is 4. The average Bonchev–Trinajstić information content (AvgIpc) is 2.79. The van der Waals surface area contributed by atoms with Gasteiger partial charge in [-0.25, -0.2) is 13.8 Å². The fourth-order valence-corrected chi connectivity index (χ4v) is 5.20. The van der Waals surface area contributed by atoms with Crippen molar-refractivity contribution in [1.82, 2.24) is 4.98 Å². The number of rotatable bonds is 6. The number of nitrogens with zero attached hydrogens (tertiary/aromatic N) is 2. The molecule has 0 spiro atoms. The van der Waals surface area contributed by atoms with Crippen molar-refractivity contribution < 1.29 is 31.8 Å². The van der Waals surface area contributed by atoms with Crippen LogP contribution < -0.4 is 15.8 Å². The molecule has 33 heavy (non-hydrogen) atoms. The zero-order chi connectivity index (χ0) is 23.6. The van der Waals surface area contributed by atoms with Crippen molar-refractivity contribution in [1.29, 1.82) is 0 Å². The third-order valence-electron chi connectivity index (χ3n) is 5.63. The van der Waals surface area contributed by atoms with Gasteiger partial charge in [0.05, 0.1) is 17.8 Å². The van der Waals surface area contributed by atoms with Crippen molar-refractivity contribution in [2.75, 3.05) is 24.4 Å². The van der Waals surface area contributed by atoms with Gasteiger partial charge in [0.2, 0.25) is 0 Å².